The summed E-state index contributed by atoms with van der Waals surface area (Å²) in [5.41, 5.74) is 0.0611. The van der Waals surface area contributed by atoms with Crippen LogP contribution < -0.4 is 37.2 Å². The van der Waals surface area contributed by atoms with Crippen LogP contribution in [0.5, 0.6) is 0 Å². The molecule has 2 heterocycles. The Hall–Kier alpha value is -6.75. The standard InChI is InChI=1S/C54H72N8O9/c1-34(70-52(2,3)4)44-49(67)59-42(31-36-22-12-9-13-23-36)48(66)62-54(27-17-18-28-54)50(68)60-41(30-35-20-10-8-11-21-35)46(64)58-43(32-37-33-56-39-25-15-14-24-38(37)39)47(65)57-40(45(63)61-44)26-16-19-29-55-51(69)71-53(5,6)7/h8-15,20-25,33-34,40-44,56H,16-19,26-32H2,1-7H3,(H,55,69)(H,57,65)(H,58,64)(H,59,67)(H,60,68)(H,61,63)(H,62,66). The van der Waals surface area contributed by atoms with Crippen molar-refractivity contribution in [3.63, 3.8) is 0 Å². The summed E-state index contributed by atoms with van der Waals surface area (Å²) < 4.78 is 11.7. The van der Waals surface area contributed by atoms with E-state index in [0.29, 0.717) is 31.2 Å². The molecular formula is C54H72N8O9. The van der Waals surface area contributed by atoms with E-state index in [4.69, 9.17) is 9.47 Å². The minimum atomic E-state index is -1.44. The molecule has 71 heavy (non-hydrogen) atoms. The Balaban J connectivity index is 1.41. The van der Waals surface area contributed by atoms with Crippen molar-refractivity contribution in [2.45, 2.75) is 166 Å². The summed E-state index contributed by atoms with van der Waals surface area (Å²) in [6.07, 6.45) is 2.83. The molecule has 1 saturated heterocycles. The maximum atomic E-state index is 14.9. The second-order valence-electron chi connectivity index (χ2n) is 20.8. The number of benzene rings is 3. The van der Waals surface area contributed by atoms with E-state index >= 15 is 0 Å². The Bertz CT molecular complexity index is 2480. The summed E-state index contributed by atoms with van der Waals surface area (Å²) in [4.78, 5) is 105. The summed E-state index contributed by atoms with van der Waals surface area (Å²) in [5.74, 6) is -3.98. The molecule has 382 valence electrons. The third kappa shape index (κ3) is 15.6. The topological polar surface area (TPSA) is 238 Å². The van der Waals surface area contributed by atoms with E-state index in [-0.39, 0.29) is 45.1 Å². The van der Waals surface area contributed by atoms with Gasteiger partial charge in [0.1, 0.15) is 41.3 Å². The lowest BCUT2D eigenvalue weighted by Crippen LogP contribution is -2.66. The number of hydrogen-bond donors (Lipinski definition) is 8. The molecule has 1 saturated carbocycles. The Morgan fingerprint density at radius 1 is 0.634 bits per heavy atom. The Kier molecular flexibility index (Phi) is 18.0. The molecule has 4 aromatic rings. The number of rotatable bonds is 13. The molecule has 17 heteroatoms. The number of hydrogen-bond acceptors (Lipinski definition) is 9. The van der Waals surface area contributed by atoms with Crippen molar-refractivity contribution in [1.29, 1.82) is 0 Å². The first-order valence-electron chi connectivity index (χ1n) is 24.8. The molecule has 7 amide bonds. The van der Waals surface area contributed by atoms with Crippen molar-refractivity contribution in [1.82, 2.24) is 42.2 Å². The molecule has 3 aromatic carbocycles. The van der Waals surface area contributed by atoms with Crippen molar-refractivity contribution in [3.05, 3.63) is 108 Å². The second-order valence-corrected chi connectivity index (χ2v) is 20.8. The third-order valence-corrected chi connectivity index (χ3v) is 12.6. The summed E-state index contributed by atoms with van der Waals surface area (Å²) >= 11 is 0. The quantitative estimate of drug-likeness (QED) is 0.0845. The SMILES string of the molecule is CC(OC(C)(C)C)C1NC(=O)C(CCCCNC(=O)OC(C)(C)C)NC(=O)C(Cc2c[nH]c3ccccc23)NC(=O)C(Cc2ccccc2)NC(=O)C2(CCCC2)NC(=O)C(Cc2ccccc2)NC1=O. The molecule has 1 aliphatic carbocycles. The number of nitrogens with one attached hydrogen (secondary N) is 8. The molecule has 1 aromatic heterocycles. The van der Waals surface area contributed by atoms with Crippen LogP contribution in [0.15, 0.2) is 91.1 Å². The number of alkyl carbamates (subject to hydrolysis) is 1. The summed E-state index contributed by atoms with van der Waals surface area (Å²) in [6.45, 7) is 12.5. The Labute approximate surface area is 416 Å². The van der Waals surface area contributed by atoms with Gasteiger partial charge in [0.15, 0.2) is 0 Å². The Morgan fingerprint density at radius 2 is 1.17 bits per heavy atom. The average Bonchev–Trinajstić information content (AvgIpc) is 3.96. The van der Waals surface area contributed by atoms with Crippen LogP contribution in [-0.2, 0) is 57.5 Å². The number of amides is 7. The number of fused-ring (bicyclic) bond motifs is 1. The fourth-order valence-electron chi connectivity index (χ4n) is 9.18. The molecule has 6 atom stereocenters. The van der Waals surface area contributed by atoms with Gasteiger partial charge in [0.05, 0.1) is 11.7 Å². The molecule has 1 spiro atoms. The maximum absolute atomic E-state index is 14.9. The van der Waals surface area contributed by atoms with E-state index in [9.17, 15) is 33.6 Å². The molecule has 17 nitrogen and oxygen atoms in total. The van der Waals surface area contributed by atoms with Crippen molar-refractivity contribution >= 4 is 52.4 Å². The minimum Gasteiger partial charge on any atom is -0.444 e. The number of aromatic amines is 1. The monoisotopic (exact) mass is 977 g/mol. The van der Waals surface area contributed by atoms with Crippen LogP contribution in [-0.4, -0.2) is 106 Å². The first kappa shape index (κ1) is 53.6. The third-order valence-electron chi connectivity index (χ3n) is 12.6. The lowest BCUT2D eigenvalue weighted by atomic mass is 9.93. The normalized spacial score (nSPS) is 22.2. The fourth-order valence-corrected chi connectivity index (χ4v) is 9.18. The van der Waals surface area contributed by atoms with Gasteiger partial charge in [-0.3, -0.25) is 28.8 Å². The number of para-hydroxylation sites is 1. The van der Waals surface area contributed by atoms with Gasteiger partial charge in [-0.1, -0.05) is 91.7 Å². The van der Waals surface area contributed by atoms with Gasteiger partial charge < -0.3 is 51.7 Å². The van der Waals surface area contributed by atoms with Crippen molar-refractivity contribution in [2.75, 3.05) is 6.54 Å². The first-order chi connectivity index (χ1) is 33.7. The number of H-pyrrole nitrogens is 1. The highest BCUT2D eigenvalue weighted by atomic mass is 16.6. The van der Waals surface area contributed by atoms with Crippen LogP contribution in [0, 0.1) is 0 Å². The van der Waals surface area contributed by atoms with Crippen LogP contribution >= 0.6 is 0 Å². The molecule has 6 rings (SSSR count). The first-order valence-corrected chi connectivity index (χ1v) is 24.8. The number of aromatic nitrogens is 1. The molecule has 1 aliphatic heterocycles. The van der Waals surface area contributed by atoms with Gasteiger partial charge in [0.2, 0.25) is 35.4 Å². The predicted molar refractivity (Wildman–Crippen MR) is 270 cm³/mol. The predicted octanol–water partition coefficient (Wildman–Crippen LogP) is 4.96. The van der Waals surface area contributed by atoms with E-state index in [1.54, 1.807) is 33.9 Å². The molecule has 6 unspecified atom stereocenters. The van der Waals surface area contributed by atoms with E-state index in [1.807, 2.05) is 106 Å². The van der Waals surface area contributed by atoms with Gasteiger partial charge in [-0.2, -0.15) is 0 Å². The molecule has 0 bridgehead atoms. The number of ether oxygens (including phenoxy) is 2. The smallest absolute Gasteiger partial charge is 0.407 e. The highest BCUT2D eigenvalue weighted by molar-refractivity contribution is 6.00. The van der Waals surface area contributed by atoms with Crippen LogP contribution in [0.3, 0.4) is 0 Å². The van der Waals surface area contributed by atoms with E-state index in [2.05, 4.69) is 42.2 Å². The molecular weight excluding hydrogens is 905 g/mol. The van der Waals surface area contributed by atoms with Gasteiger partial charge in [-0.05, 0) is 103 Å². The summed E-state index contributed by atoms with van der Waals surface area (Å²) in [5, 5.41) is 21.2. The molecule has 0 radical (unpaired) electrons. The largest absolute Gasteiger partial charge is 0.444 e. The molecule has 2 fully saturated rings. The summed E-state index contributed by atoms with van der Waals surface area (Å²) in [7, 11) is 0. The lowest BCUT2D eigenvalue weighted by molar-refractivity contribution is -0.142. The van der Waals surface area contributed by atoms with E-state index < -0.39 is 94.6 Å². The van der Waals surface area contributed by atoms with Crippen molar-refractivity contribution < 1.29 is 43.0 Å². The minimum absolute atomic E-state index is 0.00791. The van der Waals surface area contributed by atoms with Crippen LogP contribution in [0.1, 0.15) is 110 Å². The lowest BCUT2D eigenvalue weighted by Gasteiger charge is -2.35. The fraction of sp³-hybridized carbons (Fsp3) is 0.500. The number of carbonyl (C=O) groups excluding carboxylic acids is 7. The summed E-state index contributed by atoms with van der Waals surface area (Å²) in [6, 6.07) is 19.4. The zero-order valence-electron chi connectivity index (χ0n) is 42.1. The molecule has 2 aliphatic rings. The second kappa shape index (κ2) is 23.9. The number of carbonyl (C=O) groups is 7. The van der Waals surface area contributed by atoms with Gasteiger partial charge in [0.25, 0.3) is 0 Å². The van der Waals surface area contributed by atoms with Crippen LogP contribution in [0.2, 0.25) is 0 Å². The maximum Gasteiger partial charge on any atom is 0.407 e. The van der Waals surface area contributed by atoms with Gasteiger partial charge in [0, 0.05) is 42.9 Å². The number of unbranched alkanes of at least 4 members (excludes halogenated alkanes) is 1. The van der Waals surface area contributed by atoms with Gasteiger partial charge in [-0.25, -0.2) is 4.79 Å². The Morgan fingerprint density at radius 3 is 1.77 bits per heavy atom. The van der Waals surface area contributed by atoms with Gasteiger partial charge >= 0.3 is 6.09 Å². The highest BCUT2D eigenvalue weighted by Crippen LogP contribution is 2.31. The average molecular weight is 977 g/mol. The van der Waals surface area contributed by atoms with Crippen LogP contribution in [0.4, 0.5) is 4.79 Å². The van der Waals surface area contributed by atoms with Gasteiger partial charge in [-0.15, -0.1) is 0 Å². The zero-order valence-corrected chi connectivity index (χ0v) is 42.1. The van der Waals surface area contributed by atoms with E-state index in [1.165, 1.54) is 0 Å². The highest BCUT2D eigenvalue weighted by Gasteiger charge is 2.46. The molecule has 8 N–H and O–H groups in total. The van der Waals surface area contributed by atoms with Crippen molar-refractivity contribution in [3.8, 4) is 0 Å². The van der Waals surface area contributed by atoms with E-state index in [0.717, 1.165) is 22.0 Å². The van der Waals surface area contributed by atoms with Crippen LogP contribution in [0.25, 0.3) is 10.9 Å². The zero-order chi connectivity index (χ0) is 51.3. The van der Waals surface area contributed by atoms with Crippen molar-refractivity contribution in [2.24, 2.45) is 0 Å².